The third-order valence-corrected chi connectivity index (χ3v) is 3.45. The molecule has 0 aliphatic heterocycles. The van der Waals surface area contributed by atoms with Crippen molar-refractivity contribution >= 4 is 5.97 Å². The quantitative estimate of drug-likeness (QED) is 0.648. The maximum absolute atomic E-state index is 11.4. The minimum atomic E-state index is -0.357. The Bertz CT molecular complexity index is 637. The molecule has 0 amide bonds. The Labute approximate surface area is 143 Å². The van der Waals surface area contributed by atoms with Gasteiger partial charge in [0.2, 0.25) is 0 Å². The summed E-state index contributed by atoms with van der Waals surface area (Å²) in [5, 5.41) is 0. The first kappa shape index (κ1) is 17.9. The van der Waals surface area contributed by atoms with E-state index in [4.69, 9.17) is 14.2 Å². The first-order valence-electron chi connectivity index (χ1n) is 8.31. The van der Waals surface area contributed by atoms with Gasteiger partial charge < -0.3 is 14.2 Å². The molecule has 0 fully saturated rings. The number of carbonyl (C=O) groups excluding carboxylic acids is 1. The number of hydrogen-bond donors (Lipinski definition) is 0. The molecule has 2 rings (SSSR count). The molecule has 0 unspecified atom stereocenters. The fourth-order valence-corrected chi connectivity index (χ4v) is 2.33. The summed E-state index contributed by atoms with van der Waals surface area (Å²) in [5.41, 5.74) is 2.16. The fourth-order valence-electron chi connectivity index (χ4n) is 2.33. The topological polar surface area (TPSA) is 44.8 Å². The zero-order valence-electron chi connectivity index (χ0n) is 14.3. The average Bonchev–Trinajstić information content (AvgIpc) is 2.60. The molecule has 0 saturated carbocycles. The van der Waals surface area contributed by atoms with E-state index >= 15 is 0 Å². The molecule has 0 aliphatic rings. The number of carbonyl (C=O) groups is 1. The first-order chi connectivity index (χ1) is 11.7. The number of aryl methyl sites for hydroxylation is 1. The summed E-state index contributed by atoms with van der Waals surface area (Å²) < 4.78 is 16.3. The summed E-state index contributed by atoms with van der Waals surface area (Å²) in [6.45, 7) is 4.69. The second-order valence-electron chi connectivity index (χ2n) is 5.39. The van der Waals surface area contributed by atoms with Crippen LogP contribution in [0.5, 0.6) is 11.5 Å². The van der Waals surface area contributed by atoms with Gasteiger partial charge >= 0.3 is 5.97 Å². The van der Waals surface area contributed by atoms with Crippen LogP contribution in [0.3, 0.4) is 0 Å². The second-order valence-corrected chi connectivity index (χ2v) is 5.39. The molecule has 4 nitrogen and oxygen atoms in total. The maximum Gasteiger partial charge on any atom is 0.344 e. The molecule has 0 spiro atoms. The molecule has 2 aromatic rings. The molecule has 2 aromatic carbocycles. The SMILES string of the molecule is CCCc1cc(OCc2ccccc2)ccc1OCC(=O)OCC. The van der Waals surface area contributed by atoms with Crippen molar-refractivity contribution in [3.05, 3.63) is 59.7 Å². The van der Waals surface area contributed by atoms with E-state index < -0.39 is 0 Å². The van der Waals surface area contributed by atoms with Crippen LogP contribution >= 0.6 is 0 Å². The molecule has 0 bridgehead atoms. The van der Waals surface area contributed by atoms with Crippen molar-refractivity contribution in [2.45, 2.75) is 33.3 Å². The van der Waals surface area contributed by atoms with E-state index in [-0.39, 0.29) is 12.6 Å². The van der Waals surface area contributed by atoms with Crippen molar-refractivity contribution < 1.29 is 19.0 Å². The summed E-state index contributed by atoms with van der Waals surface area (Å²) in [6.07, 6.45) is 1.85. The Morgan fingerprint density at radius 1 is 1.00 bits per heavy atom. The first-order valence-corrected chi connectivity index (χ1v) is 8.31. The van der Waals surface area contributed by atoms with Crippen LogP contribution in [0.2, 0.25) is 0 Å². The Kier molecular flexibility index (Phi) is 7.15. The highest BCUT2D eigenvalue weighted by Gasteiger charge is 2.09. The van der Waals surface area contributed by atoms with Crippen LogP contribution in [0.15, 0.2) is 48.5 Å². The van der Waals surface area contributed by atoms with Gasteiger partial charge in [0.05, 0.1) is 6.61 Å². The van der Waals surface area contributed by atoms with Crippen LogP contribution < -0.4 is 9.47 Å². The summed E-state index contributed by atoms with van der Waals surface area (Å²) in [5.74, 6) is 1.15. The van der Waals surface area contributed by atoms with Crippen LogP contribution in [0.4, 0.5) is 0 Å². The molecule has 0 atom stereocenters. The van der Waals surface area contributed by atoms with E-state index in [0.29, 0.717) is 19.0 Å². The summed E-state index contributed by atoms with van der Waals surface area (Å²) in [4.78, 5) is 11.4. The van der Waals surface area contributed by atoms with Crippen molar-refractivity contribution in [2.75, 3.05) is 13.2 Å². The van der Waals surface area contributed by atoms with Gasteiger partial charge in [0.1, 0.15) is 18.1 Å². The van der Waals surface area contributed by atoms with Gasteiger partial charge in [0.25, 0.3) is 0 Å². The highest BCUT2D eigenvalue weighted by atomic mass is 16.6. The van der Waals surface area contributed by atoms with Gasteiger partial charge in [-0.3, -0.25) is 0 Å². The van der Waals surface area contributed by atoms with Crippen molar-refractivity contribution in [1.29, 1.82) is 0 Å². The van der Waals surface area contributed by atoms with E-state index in [1.165, 1.54) is 0 Å². The van der Waals surface area contributed by atoms with Crippen molar-refractivity contribution in [1.82, 2.24) is 0 Å². The lowest BCUT2D eigenvalue weighted by atomic mass is 10.1. The van der Waals surface area contributed by atoms with Gasteiger partial charge in [0.15, 0.2) is 6.61 Å². The number of esters is 1. The van der Waals surface area contributed by atoms with Crippen LogP contribution in [0.25, 0.3) is 0 Å². The Morgan fingerprint density at radius 2 is 1.79 bits per heavy atom. The molecular formula is C20H24O4. The van der Waals surface area contributed by atoms with E-state index in [1.807, 2.05) is 48.5 Å². The predicted molar refractivity (Wildman–Crippen MR) is 93.3 cm³/mol. The maximum atomic E-state index is 11.4. The largest absolute Gasteiger partial charge is 0.489 e. The lowest BCUT2D eigenvalue weighted by Gasteiger charge is -2.13. The zero-order chi connectivity index (χ0) is 17.2. The number of benzene rings is 2. The van der Waals surface area contributed by atoms with E-state index in [9.17, 15) is 4.79 Å². The Balaban J connectivity index is 2.01. The smallest absolute Gasteiger partial charge is 0.344 e. The van der Waals surface area contributed by atoms with Gasteiger partial charge in [-0.05, 0) is 42.7 Å². The molecule has 4 heteroatoms. The summed E-state index contributed by atoms with van der Waals surface area (Å²) in [6, 6.07) is 15.7. The predicted octanol–water partition coefficient (Wildman–Crippen LogP) is 4.16. The number of hydrogen-bond acceptors (Lipinski definition) is 4. The van der Waals surface area contributed by atoms with E-state index in [1.54, 1.807) is 6.92 Å². The molecule has 0 aliphatic carbocycles. The Hall–Kier alpha value is -2.49. The van der Waals surface area contributed by atoms with Crippen molar-refractivity contribution in [3.63, 3.8) is 0 Å². The van der Waals surface area contributed by atoms with Gasteiger partial charge in [-0.25, -0.2) is 4.79 Å². The van der Waals surface area contributed by atoms with Crippen LogP contribution in [-0.4, -0.2) is 19.2 Å². The molecule has 0 radical (unpaired) electrons. The standard InChI is InChI=1S/C20H24O4/c1-3-8-17-13-18(23-14-16-9-6-5-7-10-16)11-12-19(17)24-15-20(21)22-4-2/h5-7,9-13H,3-4,8,14-15H2,1-2H3. The molecule has 24 heavy (non-hydrogen) atoms. The van der Waals surface area contributed by atoms with Gasteiger partial charge in [-0.15, -0.1) is 0 Å². The van der Waals surface area contributed by atoms with Gasteiger partial charge in [0, 0.05) is 0 Å². The number of rotatable bonds is 9. The third-order valence-electron chi connectivity index (χ3n) is 3.45. The molecule has 0 saturated heterocycles. The molecular weight excluding hydrogens is 304 g/mol. The summed E-state index contributed by atoms with van der Waals surface area (Å²) in [7, 11) is 0. The van der Waals surface area contributed by atoms with Crippen molar-refractivity contribution in [3.8, 4) is 11.5 Å². The number of ether oxygens (including phenoxy) is 3. The van der Waals surface area contributed by atoms with Crippen LogP contribution in [0, 0.1) is 0 Å². The van der Waals surface area contributed by atoms with E-state index in [0.717, 1.165) is 29.7 Å². The van der Waals surface area contributed by atoms with E-state index in [2.05, 4.69) is 6.92 Å². The average molecular weight is 328 g/mol. The summed E-state index contributed by atoms with van der Waals surface area (Å²) >= 11 is 0. The minimum Gasteiger partial charge on any atom is -0.489 e. The van der Waals surface area contributed by atoms with Crippen LogP contribution in [-0.2, 0) is 22.6 Å². The molecule has 0 heterocycles. The van der Waals surface area contributed by atoms with Gasteiger partial charge in [-0.1, -0.05) is 43.7 Å². The minimum absolute atomic E-state index is 0.0746. The monoisotopic (exact) mass is 328 g/mol. The van der Waals surface area contributed by atoms with Gasteiger partial charge in [-0.2, -0.15) is 0 Å². The molecule has 0 aromatic heterocycles. The molecule has 128 valence electrons. The fraction of sp³-hybridized carbons (Fsp3) is 0.350. The molecule has 0 N–H and O–H groups in total. The highest BCUT2D eigenvalue weighted by molar-refractivity contribution is 5.71. The van der Waals surface area contributed by atoms with Crippen LogP contribution in [0.1, 0.15) is 31.4 Å². The Morgan fingerprint density at radius 3 is 2.50 bits per heavy atom. The second kappa shape index (κ2) is 9.60. The van der Waals surface area contributed by atoms with Crippen molar-refractivity contribution in [2.24, 2.45) is 0 Å². The highest BCUT2D eigenvalue weighted by Crippen LogP contribution is 2.26. The normalized spacial score (nSPS) is 10.2. The zero-order valence-corrected chi connectivity index (χ0v) is 14.3. The lowest BCUT2D eigenvalue weighted by molar-refractivity contribution is -0.145. The third kappa shape index (κ3) is 5.61. The lowest BCUT2D eigenvalue weighted by Crippen LogP contribution is -2.15.